The minimum absolute atomic E-state index is 0.107. The quantitative estimate of drug-likeness (QED) is 0.245. The fourth-order valence-corrected chi connectivity index (χ4v) is 5.31. The summed E-state index contributed by atoms with van der Waals surface area (Å²) in [6.45, 7) is 17.2. The molecule has 2 fully saturated rings. The number of likely N-dealkylation sites (N-methyl/N-ethyl adjacent to an activating group) is 1. The summed E-state index contributed by atoms with van der Waals surface area (Å²) in [5.41, 5.74) is 3.56. The van der Waals surface area contributed by atoms with E-state index < -0.39 is 17.3 Å². The van der Waals surface area contributed by atoms with Crippen LogP contribution in [0.3, 0.4) is 0 Å². The molecule has 0 radical (unpaired) electrons. The van der Waals surface area contributed by atoms with E-state index >= 15 is 0 Å². The molecular formula is C28H36Cl2N4O3. The highest BCUT2D eigenvalue weighted by Gasteiger charge is 2.35. The van der Waals surface area contributed by atoms with E-state index in [9.17, 15) is 4.79 Å². The molecule has 200 valence electrons. The van der Waals surface area contributed by atoms with Gasteiger partial charge in [-0.2, -0.15) is 0 Å². The Morgan fingerprint density at radius 1 is 1.30 bits per heavy atom. The van der Waals surface area contributed by atoms with Crippen LogP contribution < -0.4 is 4.90 Å². The maximum atomic E-state index is 13.6. The van der Waals surface area contributed by atoms with Gasteiger partial charge in [0.15, 0.2) is 0 Å². The topological polar surface area (TPSA) is 57.6 Å². The molecule has 2 aliphatic heterocycles. The molecule has 3 aliphatic rings. The van der Waals surface area contributed by atoms with Crippen molar-refractivity contribution in [2.45, 2.75) is 57.3 Å². The minimum Gasteiger partial charge on any atom is -0.419 e. The molecule has 1 aliphatic carbocycles. The molecule has 0 spiro atoms. The molecule has 3 unspecified atom stereocenters. The second-order valence-corrected chi connectivity index (χ2v) is 11.4. The largest absolute Gasteiger partial charge is 0.421 e. The number of carbonyl (C=O) groups excluding carboxylic acids is 1. The van der Waals surface area contributed by atoms with Crippen molar-refractivity contribution in [1.29, 1.82) is 0 Å². The Hall–Kier alpha value is -2.32. The fraction of sp³-hybridized carbons (Fsp3) is 0.500. The van der Waals surface area contributed by atoms with Gasteiger partial charge in [-0.15, -0.1) is 11.6 Å². The molecular weight excluding hydrogens is 511 g/mol. The van der Waals surface area contributed by atoms with Gasteiger partial charge in [-0.05, 0) is 65.3 Å². The average molecular weight is 548 g/mol. The molecule has 9 heteroatoms. The van der Waals surface area contributed by atoms with Gasteiger partial charge in [0.2, 0.25) is 6.29 Å². The van der Waals surface area contributed by atoms with E-state index in [2.05, 4.69) is 30.0 Å². The molecule has 2 heterocycles. The monoisotopic (exact) mass is 546 g/mol. The number of hydrogen-bond donors (Lipinski definition) is 0. The van der Waals surface area contributed by atoms with Crippen molar-refractivity contribution in [3.8, 4) is 0 Å². The van der Waals surface area contributed by atoms with Crippen molar-refractivity contribution >= 4 is 46.5 Å². The van der Waals surface area contributed by atoms with Crippen LogP contribution in [0.25, 0.3) is 0 Å². The number of fused-ring (bicyclic) bond motifs is 1. The van der Waals surface area contributed by atoms with Gasteiger partial charge in [-0.3, -0.25) is 0 Å². The standard InChI is InChI=1S/C28H36Cl2N4O3/c1-7-23-19(3)34(27(35)37-20(4)36-22-10-11-28(5,30)18(2)16-22)25-9-8-21(29)17-24(25)31-26(23)33-14-12-32(6)13-15-33/h7-9,17,20,22H,1-2,10-16H2,3-6H3. The normalized spacial score (nSPS) is 25.8. The molecule has 37 heavy (non-hydrogen) atoms. The number of alkyl halides is 1. The third-order valence-electron chi connectivity index (χ3n) is 7.36. The Balaban J connectivity index is 1.60. The van der Waals surface area contributed by atoms with Gasteiger partial charge in [-0.1, -0.05) is 36.4 Å². The Morgan fingerprint density at radius 2 is 2.00 bits per heavy atom. The number of piperazine rings is 1. The van der Waals surface area contributed by atoms with E-state index in [1.807, 2.05) is 13.8 Å². The van der Waals surface area contributed by atoms with Crippen molar-refractivity contribution < 1.29 is 14.3 Å². The molecule has 3 atom stereocenters. The van der Waals surface area contributed by atoms with Gasteiger partial charge in [0.1, 0.15) is 5.84 Å². The summed E-state index contributed by atoms with van der Waals surface area (Å²) in [6.07, 6.45) is 2.49. The van der Waals surface area contributed by atoms with Gasteiger partial charge in [0.05, 0.1) is 22.4 Å². The molecule has 1 amide bonds. The van der Waals surface area contributed by atoms with E-state index in [0.29, 0.717) is 28.5 Å². The maximum Gasteiger partial charge on any atom is 0.421 e. The lowest BCUT2D eigenvalue weighted by atomic mass is 9.84. The molecule has 1 aromatic carbocycles. The van der Waals surface area contributed by atoms with Gasteiger partial charge >= 0.3 is 6.09 Å². The molecule has 4 rings (SSSR count). The second-order valence-electron chi connectivity index (χ2n) is 10.2. The van der Waals surface area contributed by atoms with Crippen LogP contribution in [0.2, 0.25) is 5.02 Å². The average Bonchev–Trinajstić information content (AvgIpc) is 2.95. The molecule has 0 N–H and O–H groups in total. The second kappa shape index (κ2) is 11.2. The van der Waals surface area contributed by atoms with Crippen molar-refractivity contribution in [2.24, 2.45) is 4.99 Å². The number of halogens is 2. The fourth-order valence-electron chi connectivity index (χ4n) is 4.95. The predicted molar refractivity (Wildman–Crippen MR) is 151 cm³/mol. The first-order valence-electron chi connectivity index (χ1n) is 12.7. The van der Waals surface area contributed by atoms with Crippen molar-refractivity contribution in [3.63, 3.8) is 0 Å². The summed E-state index contributed by atoms with van der Waals surface area (Å²) < 4.78 is 11.9. The molecule has 1 saturated carbocycles. The van der Waals surface area contributed by atoms with E-state index in [1.54, 1.807) is 31.2 Å². The summed E-state index contributed by atoms with van der Waals surface area (Å²) in [5.74, 6) is 0.772. The summed E-state index contributed by atoms with van der Waals surface area (Å²) in [4.78, 5) is 24.2. The lowest BCUT2D eigenvalue weighted by Crippen LogP contribution is -2.47. The van der Waals surface area contributed by atoms with Crippen molar-refractivity contribution in [2.75, 3.05) is 38.1 Å². The van der Waals surface area contributed by atoms with Gasteiger partial charge in [0, 0.05) is 42.5 Å². The predicted octanol–water partition coefficient (Wildman–Crippen LogP) is 6.50. The van der Waals surface area contributed by atoms with E-state index in [0.717, 1.165) is 56.0 Å². The van der Waals surface area contributed by atoms with Crippen LogP contribution in [-0.4, -0.2) is 72.2 Å². The summed E-state index contributed by atoms with van der Waals surface area (Å²) in [7, 11) is 2.11. The van der Waals surface area contributed by atoms with Gasteiger partial charge < -0.3 is 19.3 Å². The number of hydrogen-bond acceptors (Lipinski definition) is 6. The van der Waals surface area contributed by atoms with Crippen LogP contribution in [-0.2, 0) is 9.47 Å². The smallest absolute Gasteiger partial charge is 0.419 e. The Kier molecular flexibility index (Phi) is 8.38. The highest BCUT2D eigenvalue weighted by Crippen LogP contribution is 2.40. The minimum atomic E-state index is -0.762. The molecule has 0 aromatic heterocycles. The van der Waals surface area contributed by atoms with E-state index in [1.165, 1.54) is 4.90 Å². The van der Waals surface area contributed by atoms with Crippen LogP contribution >= 0.6 is 23.2 Å². The highest BCUT2D eigenvalue weighted by molar-refractivity contribution is 6.31. The van der Waals surface area contributed by atoms with Crippen molar-refractivity contribution in [3.05, 3.63) is 59.3 Å². The summed E-state index contributed by atoms with van der Waals surface area (Å²) in [6, 6.07) is 5.30. The lowest BCUT2D eigenvalue weighted by Gasteiger charge is -2.36. The van der Waals surface area contributed by atoms with Crippen LogP contribution in [0.4, 0.5) is 16.2 Å². The van der Waals surface area contributed by atoms with E-state index in [4.69, 9.17) is 37.7 Å². The number of aliphatic imine (C=N–C) groups is 1. The summed E-state index contributed by atoms with van der Waals surface area (Å²) >= 11 is 12.9. The molecule has 1 saturated heterocycles. The van der Waals surface area contributed by atoms with Gasteiger partial charge in [-0.25, -0.2) is 14.7 Å². The first-order chi connectivity index (χ1) is 17.5. The first-order valence-corrected chi connectivity index (χ1v) is 13.4. The number of carbonyl (C=O) groups is 1. The number of benzene rings is 1. The number of rotatable bonds is 4. The number of anilines is 1. The third kappa shape index (κ3) is 6.06. The Morgan fingerprint density at radius 3 is 2.65 bits per heavy atom. The Bertz CT molecular complexity index is 1140. The van der Waals surface area contributed by atoms with Gasteiger partial charge in [0.25, 0.3) is 0 Å². The SMILES string of the molecule is C=CC1=C(C)N(C(=O)OC(C)OC2CCC(C)(Cl)C(=C)C2)c2ccc(Cl)cc2N=C1N1CCN(C)CC1. The van der Waals surface area contributed by atoms with Crippen molar-refractivity contribution in [1.82, 2.24) is 9.80 Å². The maximum absolute atomic E-state index is 13.6. The number of amides is 1. The molecule has 7 nitrogen and oxygen atoms in total. The first kappa shape index (κ1) is 27.7. The molecule has 0 bridgehead atoms. The number of allylic oxidation sites excluding steroid dienone is 1. The van der Waals surface area contributed by atoms with E-state index in [-0.39, 0.29) is 6.10 Å². The highest BCUT2D eigenvalue weighted by atomic mass is 35.5. The lowest BCUT2D eigenvalue weighted by molar-refractivity contribution is -0.129. The summed E-state index contributed by atoms with van der Waals surface area (Å²) in [5, 5.41) is 0.536. The van der Waals surface area contributed by atoms with Crippen LogP contribution in [0.15, 0.2) is 59.3 Å². The number of amidine groups is 1. The Labute approximate surface area is 230 Å². The third-order valence-corrected chi connectivity index (χ3v) is 8.05. The number of ether oxygens (including phenoxy) is 2. The zero-order valence-electron chi connectivity index (χ0n) is 22.1. The van der Waals surface area contributed by atoms with Crippen LogP contribution in [0, 0.1) is 0 Å². The zero-order valence-corrected chi connectivity index (χ0v) is 23.6. The zero-order chi connectivity index (χ0) is 26.9. The van der Waals surface area contributed by atoms with Crippen LogP contribution in [0.1, 0.15) is 40.0 Å². The molecule has 1 aromatic rings. The van der Waals surface area contributed by atoms with Crippen LogP contribution in [0.5, 0.6) is 0 Å². The number of nitrogens with zero attached hydrogens (tertiary/aromatic N) is 4.